The zero-order valence-corrected chi connectivity index (χ0v) is 23.2. The van der Waals surface area contributed by atoms with Crippen LogP contribution in [0.2, 0.25) is 10.0 Å². The summed E-state index contributed by atoms with van der Waals surface area (Å²) < 4.78 is 21.1. The van der Waals surface area contributed by atoms with Crippen LogP contribution in [0.1, 0.15) is 56.8 Å². The molecular weight excluding hydrogens is 514 g/mol. The van der Waals surface area contributed by atoms with Gasteiger partial charge in [-0.05, 0) is 83.0 Å². The van der Waals surface area contributed by atoms with Gasteiger partial charge in [-0.1, -0.05) is 29.3 Å². The molecule has 1 saturated carbocycles. The lowest BCUT2D eigenvalue weighted by atomic mass is 9.65. The lowest BCUT2D eigenvalue weighted by Gasteiger charge is -2.52. The first kappa shape index (κ1) is 26.6. The predicted molar refractivity (Wildman–Crippen MR) is 145 cm³/mol. The van der Waals surface area contributed by atoms with Gasteiger partial charge in [0.25, 0.3) is 0 Å². The van der Waals surface area contributed by atoms with Crippen LogP contribution >= 0.6 is 23.2 Å². The van der Waals surface area contributed by atoms with Gasteiger partial charge in [-0.25, -0.2) is 4.39 Å². The van der Waals surface area contributed by atoms with Crippen LogP contribution in [0, 0.1) is 30.0 Å². The van der Waals surface area contributed by atoms with Gasteiger partial charge in [0.1, 0.15) is 17.7 Å². The maximum absolute atomic E-state index is 14.9. The number of halogens is 3. The van der Waals surface area contributed by atoms with E-state index in [9.17, 15) is 14.3 Å². The number of aliphatic carboxylic acids is 1. The molecule has 0 radical (unpaired) electrons. The Bertz CT molecular complexity index is 1180. The molecule has 5 rings (SSSR count). The lowest BCUT2D eigenvalue weighted by molar-refractivity contribution is -0.158. The van der Waals surface area contributed by atoms with Crippen molar-refractivity contribution in [2.45, 2.75) is 58.6 Å². The molecule has 2 atom stereocenters. The summed E-state index contributed by atoms with van der Waals surface area (Å²) in [5.74, 6) is 0.730. The zero-order chi connectivity index (χ0) is 26.5. The van der Waals surface area contributed by atoms with Gasteiger partial charge in [0.2, 0.25) is 0 Å². The number of piperidine rings is 1. The number of carboxylic acids is 1. The van der Waals surface area contributed by atoms with E-state index in [1.807, 2.05) is 26.0 Å². The summed E-state index contributed by atoms with van der Waals surface area (Å²) >= 11 is 12.4. The van der Waals surface area contributed by atoms with Crippen LogP contribution in [0.5, 0.6) is 5.75 Å². The molecule has 37 heavy (non-hydrogen) atoms. The first-order valence-corrected chi connectivity index (χ1v) is 13.9. The lowest BCUT2D eigenvalue weighted by Crippen LogP contribution is -2.58. The average molecular weight is 550 g/mol. The Morgan fingerprint density at radius 3 is 2.57 bits per heavy atom. The normalized spacial score (nSPS) is 27.4. The quantitative estimate of drug-likeness (QED) is 0.404. The summed E-state index contributed by atoms with van der Waals surface area (Å²) in [6.07, 6.45) is 3.50. The molecule has 0 bridgehead atoms. The number of carbonyl (C=O) groups is 1. The Balaban J connectivity index is 1.20. The summed E-state index contributed by atoms with van der Waals surface area (Å²) in [7, 11) is 0. The van der Waals surface area contributed by atoms with Crippen LogP contribution in [0.4, 0.5) is 10.1 Å². The molecule has 1 N–H and O–H groups in total. The molecule has 2 aromatic carbocycles. The molecule has 0 aromatic heterocycles. The first-order valence-electron chi connectivity index (χ1n) is 13.2. The zero-order valence-electron chi connectivity index (χ0n) is 21.6. The van der Waals surface area contributed by atoms with Gasteiger partial charge in [0.05, 0.1) is 5.41 Å². The monoisotopic (exact) mass is 548 g/mol. The smallest absolute Gasteiger partial charge is 0.309 e. The van der Waals surface area contributed by atoms with Crippen LogP contribution in [0.25, 0.3) is 0 Å². The molecule has 2 aliphatic heterocycles. The van der Waals surface area contributed by atoms with Crippen molar-refractivity contribution in [2.24, 2.45) is 17.3 Å². The van der Waals surface area contributed by atoms with E-state index < -0.39 is 11.4 Å². The van der Waals surface area contributed by atoms with Crippen LogP contribution in [0.15, 0.2) is 30.3 Å². The Hall–Kier alpha value is -2.02. The van der Waals surface area contributed by atoms with Crippen LogP contribution in [0.3, 0.4) is 0 Å². The summed E-state index contributed by atoms with van der Waals surface area (Å²) in [4.78, 5) is 16.2. The van der Waals surface area contributed by atoms with E-state index in [-0.39, 0.29) is 11.9 Å². The standard InChI is InChI=1S/C29H35Cl2FN2O3/c1-17-26(32)10-22(11-27(17)37-18(2)24-7-6-21(30)9-25(24)31)34-15-20(16-34)19-5-4-8-33(14-19)23-12-29(3,13-23)28(35)36/h6-7,9-11,18-20,23H,4-5,8,12-16H2,1-3H3,(H,35,36)/t18-,19+,23?,29?/m1/s1. The third-order valence-electron chi connectivity index (χ3n) is 8.82. The maximum Gasteiger partial charge on any atom is 0.309 e. The molecule has 5 nitrogen and oxygen atoms in total. The highest BCUT2D eigenvalue weighted by molar-refractivity contribution is 6.35. The number of nitrogens with zero attached hydrogens (tertiary/aromatic N) is 2. The molecule has 0 spiro atoms. The van der Waals surface area contributed by atoms with Crippen LogP contribution < -0.4 is 9.64 Å². The largest absolute Gasteiger partial charge is 0.486 e. The van der Waals surface area contributed by atoms with Crippen molar-refractivity contribution in [3.8, 4) is 5.75 Å². The van der Waals surface area contributed by atoms with Gasteiger partial charge < -0.3 is 19.6 Å². The maximum atomic E-state index is 14.9. The van der Waals surface area contributed by atoms with Crippen LogP contribution in [-0.2, 0) is 4.79 Å². The summed E-state index contributed by atoms with van der Waals surface area (Å²) in [6, 6.07) is 9.22. The van der Waals surface area contributed by atoms with E-state index in [2.05, 4.69) is 9.80 Å². The van der Waals surface area contributed by atoms with Crippen molar-refractivity contribution in [3.63, 3.8) is 0 Å². The Labute approximate surface area is 228 Å². The van der Waals surface area contributed by atoms with Gasteiger partial charge in [0, 0.05) is 58.6 Å². The minimum atomic E-state index is -0.675. The third kappa shape index (κ3) is 5.30. The number of anilines is 1. The Morgan fingerprint density at radius 2 is 1.89 bits per heavy atom. The molecule has 200 valence electrons. The highest BCUT2D eigenvalue weighted by Crippen LogP contribution is 2.46. The molecule has 0 unspecified atom stereocenters. The van der Waals surface area contributed by atoms with Gasteiger partial charge in [0.15, 0.2) is 0 Å². The Morgan fingerprint density at radius 1 is 1.16 bits per heavy atom. The molecule has 3 aliphatic rings. The fraction of sp³-hybridized carbons (Fsp3) is 0.552. The van der Waals surface area contributed by atoms with E-state index in [0.717, 1.165) is 56.7 Å². The van der Waals surface area contributed by atoms with Crippen LogP contribution in [-0.4, -0.2) is 48.2 Å². The number of benzene rings is 2. The van der Waals surface area contributed by atoms with Gasteiger partial charge in [-0.2, -0.15) is 0 Å². The SMILES string of the molecule is Cc1c(F)cc(N2CC([C@H]3CCCN(C4CC(C)(C(=O)O)C4)C3)C2)cc1O[C@H](C)c1ccc(Cl)cc1Cl. The van der Waals surface area contributed by atoms with E-state index in [4.69, 9.17) is 27.9 Å². The number of likely N-dealkylation sites (tertiary alicyclic amines) is 1. The molecule has 1 aliphatic carbocycles. The topological polar surface area (TPSA) is 53.0 Å². The number of ether oxygens (including phenoxy) is 1. The fourth-order valence-electron chi connectivity index (χ4n) is 6.22. The summed E-state index contributed by atoms with van der Waals surface area (Å²) in [5.41, 5.74) is 1.57. The predicted octanol–water partition coefficient (Wildman–Crippen LogP) is 6.98. The fourth-order valence-corrected chi connectivity index (χ4v) is 6.78. The first-order chi connectivity index (χ1) is 17.5. The Kier molecular flexibility index (Phi) is 7.38. The molecular formula is C29H35Cl2FN2O3. The highest BCUT2D eigenvalue weighted by Gasteiger charge is 2.49. The highest BCUT2D eigenvalue weighted by atomic mass is 35.5. The number of carboxylic acid groups (broad SMARTS) is 1. The number of hydrogen-bond donors (Lipinski definition) is 1. The van der Waals surface area contributed by atoms with Crippen molar-refractivity contribution in [1.29, 1.82) is 0 Å². The second kappa shape index (κ2) is 10.3. The molecule has 0 amide bonds. The molecule has 2 heterocycles. The van der Waals surface area contributed by atoms with Crippen molar-refractivity contribution in [1.82, 2.24) is 4.90 Å². The second-order valence-corrected chi connectivity index (χ2v) is 12.3. The number of hydrogen-bond acceptors (Lipinski definition) is 4. The van der Waals surface area contributed by atoms with Crippen molar-refractivity contribution in [2.75, 3.05) is 31.1 Å². The minimum absolute atomic E-state index is 0.277. The van der Waals surface area contributed by atoms with Gasteiger partial charge >= 0.3 is 5.97 Å². The van der Waals surface area contributed by atoms with Crippen molar-refractivity contribution in [3.05, 3.63) is 57.3 Å². The molecule has 2 saturated heterocycles. The second-order valence-electron chi connectivity index (χ2n) is 11.5. The van der Waals surface area contributed by atoms with Gasteiger partial charge in [-0.15, -0.1) is 0 Å². The van der Waals surface area contributed by atoms with Crippen molar-refractivity contribution < 1.29 is 19.0 Å². The minimum Gasteiger partial charge on any atom is -0.486 e. The molecule has 8 heteroatoms. The summed E-state index contributed by atoms with van der Waals surface area (Å²) in [6.45, 7) is 9.39. The van der Waals surface area contributed by atoms with Crippen molar-refractivity contribution >= 4 is 34.9 Å². The van der Waals surface area contributed by atoms with E-state index in [1.165, 1.54) is 6.42 Å². The molecule has 2 aromatic rings. The summed E-state index contributed by atoms with van der Waals surface area (Å²) in [5, 5.41) is 10.5. The number of rotatable bonds is 7. The average Bonchev–Trinajstić information content (AvgIpc) is 2.79. The van der Waals surface area contributed by atoms with Gasteiger partial charge in [-0.3, -0.25) is 4.79 Å². The van der Waals surface area contributed by atoms with E-state index >= 15 is 0 Å². The third-order valence-corrected chi connectivity index (χ3v) is 9.38. The van der Waals surface area contributed by atoms with E-state index in [0.29, 0.717) is 39.2 Å². The molecule has 3 fully saturated rings. The van der Waals surface area contributed by atoms with E-state index in [1.54, 1.807) is 25.1 Å².